The monoisotopic (exact) mass is 297 g/mol. The van der Waals surface area contributed by atoms with Gasteiger partial charge in [0.15, 0.2) is 0 Å². The van der Waals surface area contributed by atoms with Crippen LogP contribution in [-0.2, 0) is 0 Å². The van der Waals surface area contributed by atoms with Crippen molar-refractivity contribution in [2.75, 3.05) is 13.7 Å². The van der Waals surface area contributed by atoms with Gasteiger partial charge in [0.2, 0.25) is 0 Å². The highest BCUT2D eigenvalue weighted by Gasteiger charge is 2.22. The van der Waals surface area contributed by atoms with Gasteiger partial charge in [-0.2, -0.15) is 0 Å². The second kappa shape index (κ2) is 9.25. The Balaban J connectivity index is 2.98. The summed E-state index contributed by atoms with van der Waals surface area (Å²) >= 11 is 6.45. The summed E-state index contributed by atoms with van der Waals surface area (Å²) in [6.07, 6.45) is 4.92. The first kappa shape index (κ1) is 17.3. The van der Waals surface area contributed by atoms with Gasteiger partial charge in [-0.15, -0.1) is 0 Å². The zero-order valence-corrected chi connectivity index (χ0v) is 14.0. The third-order valence-corrected chi connectivity index (χ3v) is 4.22. The topological polar surface area (TPSA) is 21.3 Å². The van der Waals surface area contributed by atoms with E-state index in [9.17, 15) is 0 Å². The van der Waals surface area contributed by atoms with E-state index in [2.05, 4.69) is 32.2 Å². The molecule has 0 spiro atoms. The summed E-state index contributed by atoms with van der Waals surface area (Å²) in [6.45, 7) is 7.62. The number of methoxy groups -OCH3 is 1. The number of hydrogen-bond donors (Lipinski definition) is 1. The highest BCUT2D eigenvalue weighted by molar-refractivity contribution is 6.31. The van der Waals surface area contributed by atoms with Crippen LogP contribution in [0.1, 0.15) is 58.1 Å². The second-order valence-electron chi connectivity index (χ2n) is 5.23. The number of halogens is 1. The first-order chi connectivity index (χ1) is 9.67. The predicted molar refractivity (Wildman–Crippen MR) is 87.7 cm³/mol. The van der Waals surface area contributed by atoms with Crippen molar-refractivity contribution in [1.82, 2.24) is 5.32 Å². The summed E-state index contributed by atoms with van der Waals surface area (Å²) in [4.78, 5) is 0. The maximum atomic E-state index is 6.45. The summed E-state index contributed by atoms with van der Waals surface area (Å²) in [5.41, 5.74) is 1.19. The van der Waals surface area contributed by atoms with E-state index in [4.69, 9.17) is 16.3 Å². The van der Waals surface area contributed by atoms with E-state index in [0.717, 1.165) is 17.3 Å². The Morgan fingerprint density at radius 3 is 2.50 bits per heavy atom. The normalized spacial score (nSPS) is 14.1. The molecule has 0 aliphatic rings. The van der Waals surface area contributed by atoms with Gasteiger partial charge in [0, 0.05) is 11.1 Å². The summed E-state index contributed by atoms with van der Waals surface area (Å²) in [7, 11) is 1.67. The molecule has 0 fully saturated rings. The van der Waals surface area contributed by atoms with Crippen molar-refractivity contribution in [1.29, 1.82) is 0 Å². The molecular weight excluding hydrogens is 270 g/mol. The molecule has 0 heterocycles. The van der Waals surface area contributed by atoms with Gasteiger partial charge in [-0.1, -0.05) is 57.7 Å². The van der Waals surface area contributed by atoms with Crippen LogP contribution in [0.2, 0.25) is 5.02 Å². The predicted octanol–water partition coefficient (Wildman–Crippen LogP) is 5.22. The fourth-order valence-corrected chi connectivity index (χ4v) is 3.00. The Hall–Kier alpha value is -0.730. The van der Waals surface area contributed by atoms with Gasteiger partial charge >= 0.3 is 0 Å². The van der Waals surface area contributed by atoms with Crippen LogP contribution in [0.25, 0.3) is 0 Å². The lowest BCUT2D eigenvalue weighted by molar-refractivity contribution is 0.327. The van der Waals surface area contributed by atoms with Crippen molar-refractivity contribution in [2.24, 2.45) is 5.92 Å². The van der Waals surface area contributed by atoms with Crippen LogP contribution in [0.3, 0.4) is 0 Å². The van der Waals surface area contributed by atoms with Crippen LogP contribution in [0.5, 0.6) is 5.75 Å². The largest absolute Gasteiger partial charge is 0.497 e. The van der Waals surface area contributed by atoms with Gasteiger partial charge in [0.05, 0.1) is 7.11 Å². The SMILES string of the molecule is CCCCC(CC)C(NCC)c1ccc(OC)cc1Cl. The van der Waals surface area contributed by atoms with Gasteiger partial charge in [-0.25, -0.2) is 0 Å². The minimum atomic E-state index is 0.329. The molecule has 0 aliphatic heterocycles. The summed E-state index contributed by atoms with van der Waals surface area (Å²) in [6, 6.07) is 6.34. The van der Waals surface area contributed by atoms with Crippen LogP contribution in [0, 0.1) is 5.92 Å². The van der Waals surface area contributed by atoms with E-state index in [-0.39, 0.29) is 0 Å². The standard InChI is InChI=1S/C17H28ClNO/c1-5-8-9-13(6-2)17(19-7-3)15-11-10-14(20-4)12-16(15)18/h10-13,17,19H,5-9H2,1-4H3. The maximum Gasteiger partial charge on any atom is 0.120 e. The summed E-state index contributed by atoms with van der Waals surface area (Å²) in [5, 5.41) is 4.41. The Kier molecular flexibility index (Phi) is 8.01. The number of benzene rings is 1. The first-order valence-corrected chi connectivity index (χ1v) is 8.12. The molecule has 1 N–H and O–H groups in total. The number of ether oxygens (including phenoxy) is 1. The molecule has 0 aromatic heterocycles. The molecule has 2 atom stereocenters. The molecule has 114 valence electrons. The third kappa shape index (κ3) is 4.68. The van der Waals surface area contributed by atoms with Crippen molar-refractivity contribution in [3.8, 4) is 5.75 Å². The molecule has 0 radical (unpaired) electrons. The van der Waals surface area contributed by atoms with Gasteiger partial charge in [-0.3, -0.25) is 0 Å². The molecular formula is C17H28ClNO. The fourth-order valence-electron chi connectivity index (χ4n) is 2.71. The Labute approximate surface area is 128 Å². The number of nitrogens with one attached hydrogen (secondary N) is 1. The van der Waals surface area contributed by atoms with Gasteiger partial charge in [0.25, 0.3) is 0 Å². The van der Waals surface area contributed by atoms with E-state index in [1.807, 2.05) is 12.1 Å². The molecule has 1 aromatic carbocycles. The van der Waals surface area contributed by atoms with E-state index in [1.165, 1.54) is 31.2 Å². The molecule has 2 nitrogen and oxygen atoms in total. The lowest BCUT2D eigenvalue weighted by Crippen LogP contribution is -2.28. The summed E-state index contributed by atoms with van der Waals surface area (Å²) in [5.74, 6) is 1.44. The van der Waals surface area contributed by atoms with Gasteiger partial charge in [-0.05, 0) is 36.6 Å². The number of hydrogen-bond acceptors (Lipinski definition) is 2. The molecule has 3 heteroatoms. The lowest BCUT2D eigenvalue weighted by atomic mass is 9.86. The zero-order chi connectivity index (χ0) is 15.0. The molecule has 2 unspecified atom stereocenters. The lowest BCUT2D eigenvalue weighted by Gasteiger charge is -2.28. The van der Waals surface area contributed by atoms with Gasteiger partial charge < -0.3 is 10.1 Å². The minimum Gasteiger partial charge on any atom is -0.497 e. The van der Waals surface area contributed by atoms with Crippen molar-refractivity contribution in [2.45, 2.75) is 52.5 Å². The Morgan fingerprint density at radius 2 is 2.00 bits per heavy atom. The van der Waals surface area contributed by atoms with E-state index in [1.54, 1.807) is 7.11 Å². The highest BCUT2D eigenvalue weighted by Crippen LogP contribution is 2.34. The molecule has 0 saturated carbocycles. The van der Waals surface area contributed by atoms with Gasteiger partial charge in [0.1, 0.15) is 5.75 Å². The molecule has 20 heavy (non-hydrogen) atoms. The maximum absolute atomic E-state index is 6.45. The molecule has 0 amide bonds. The third-order valence-electron chi connectivity index (χ3n) is 3.89. The number of unbranched alkanes of at least 4 members (excludes halogenated alkanes) is 1. The average molecular weight is 298 g/mol. The summed E-state index contributed by atoms with van der Waals surface area (Å²) < 4.78 is 5.24. The van der Waals surface area contributed by atoms with E-state index < -0.39 is 0 Å². The van der Waals surface area contributed by atoms with Crippen molar-refractivity contribution < 1.29 is 4.74 Å². The quantitative estimate of drug-likeness (QED) is 0.675. The highest BCUT2D eigenvalue weighted by atomic mass is 35.5. The van der Waals surface area contributed by atoms with Crippen molar-refractivity contribution >= 4 is 11.6 Å². The number of rotatable bonds is 9. The van der Waals surface area contributed by atoms with Crippen LogP contribution >= 0.6 is 11.6 Å². The zero-order valence-electron chi connectivity index (χ0n) is 13.2. The molecule has 0 bridgehead atoms. The Bertz CT molecular complexity index is 395. The Morgan fingerprint density at radius 1 is 1.25 bits per heavy atom. The molecule has 1 rings (SSSR count). The van der Waals surface area contributed by atoms with Crippen LogP contribution in [-0.4, -0.2) is 13.7 Å². The average Bonchev–Trinajstić information content (AvgIpc) is 2.47. The minimum absolute atomic E-state index is 0.329. The second-order valence-corrected chi connectivity index (χ2v) is 5.64. The van der Waals surface area contributed by atoms with E-state index in [0.29, 0.717) is 12.0 Å². The van der Waals surface area contributed by atoms with Crippen molar-refractivity contribution in [3.05, 3.63) is 28.8 Å². The van der Waals surface area contributed by atoms with Crippen LogP contribution in [0.15, 0.2) is 18.2 Å². The molecule has 0 aliphatic carbocycles. The fraction of sp³-hybridized carbons (Fsp3) is 0.647. The molecule has 1 aromatic rings. The van der Waals surface area contributed by atoms with E-state index >= 15 is 0 Å². The first-order valence-electron chi connectivity index (χ1n) is 7.74. The smallest absolute Gasteiger partial charge is 0.120 e. The van der Waals surface area contributed by atoms with Crippen LogP contribution in [0.4, 0.5) is 0 Å². The van der Waals surface area contributed by atoms with Crippen LogP contribution < -0.4 is 10.1 Å². The van der Waals surface area contributed by atoms with Crippen molar-refractivity contribution in [3.63, 3.8) is 0 Å². The molecule has 0 saturated heterocycles.